The van der Waals surface area contributed by atoms with E-state index in [1.807, 2.05) is 14.2 Å². The van der Waals surface area contributed by atoms with Gasteiger partial charge in [-0.25, -0.2) is 0 Å². The second-order valence-electron chi connectivity index (χ2n) is 13.9. The minimum absolute atomic E-state index is 0.568. The highest BCUT2D eigenvalue weighted by Crippen LogP contribution is 2.55. The van der Waals surface area contributed by atoms with Crippen molar-refractivity contribution in [3.05, 3.63) is 43.3 Å². The largest absolute Gasteiger partial charge is 0.496 e. The van der Waals surface area contributed by atoms with Gasteiger partial charge in [0, 0.05) is 20.1 Å². The van der Waals surface area contributed by atoms with Gasteiger partial charge in [-0.3, -0.25) is 0 Å². The number of hydrogen-bond donors (Lipinski definition) is 0. The minimum Gasteiger partial charge on any atom is -0.496 e. The average Bonchev–Trinajstić information content (AvgIpc) is 3.06. The predicted molar refractivity (Wildman–Crippen MR) is 184 cm³/mol. The van der Waals surface area contributed by atoms with Gasteiger partial charge >= 0.3 is 0 Å². The fourth-order valence-corrected chi connectivity index (χ4v) is 10.8. The molecule has 2 aromatic rings. The SMILES string of the molecule is COc1c(C2CCCCC2)cc(-c2cc(C3CCCCC3)c(OC)c(C3CCCCC3)c2Br)c(Br)c1C1CCCCC1. The lowest BCUT2D eigenvalue weighted by molar-refractivity contribution is 0.367. The lowest BCUT2D eigenvalue weighted by Gasteiger charge is -2.33. The Morgan fingerprint density at radius 2 is 0.738 bits per heavy atom. The Kier molecular flexibility index (Phi) is 10.6. The molecule has 4 saturated carbocycles. The van der Waals surface area contributed by atoms with Crippen molar-refractivity contribution in [1.29, 1.82) is 0 Å². The first-order valence-electron chi connectivity index (χ1n) is 17.4. The molecular weight excluding hydrogens is 648 g/mol. The number of methoxy groups -OCH3 is 2. The molecule has 0 atom stereocenters. The molecule has 0 bridgehead atoms. The van der Waals surface area contributed by atoms with Crippen LogP contribution in [0.5, 0.6) is 11.5 Å². The zero-order valence-corrected chi connectivity index (χ0v) is 29.4. The second kappa shape index (κ2) is 14.4. The third kappa shape index (κ3) is 6.24. The molecule has 2 aromatic carbocycles. The summed E-state index contributed by atoms with van der Waals surface area (Å²) in [5, 5.41) is 0. The van der Waals surface area contributed by atoms with Crippen molar-refractivity contribution in [2.75, 3.05) is 14.2 Å². The molecule has 0 spiro atoms. The van der Waals surface area contributed by atoms with Crippen molar-refractivity contribution in [2.24, 2.45) is 0 Å². The zero-order valence-electron chi connectivity index (χ0n) is 26.2. The van der Waals surface area contributed by atoms with Crippen LogP contribution >= 0.6 is 31.9 Å². The minimum atomic E-state index is 0.568. The Bertz CT molecular complexity index is 1120. The van der Waals surface area contributed by atoms with E-state index < -0.39 is 0 Å². The van der Waals surface area contributed by atoms with Crippen LogP contribution < -0.4 is 9.47 Å². The summed E-state index contributed by atoms with van der Waals surface area (Å²) in [7, 11) is 3.84. The van der Waals surface area contributed by atoms with Gasteiger partial charge in [0.15, 0.2) is 0 Å². The molecule has 0 N–H and O–H groups in total. The lowest BCUT2D eigenvalue weighted by atomic mass is 9.76. The quantitative estimate of drug-likeness (QED) is 0.286. The van der Waals surface area contributed by atoms with Gasteiger partial charge < -0.3 is 9.47 Å². The van der Waals surface area contributed by atoms with Gasteiger partial charge in [-0.05, 0) is 141 Å². The molecule has 4 aliphatic rings. The fourth-order valence-electron chi connectivity index (χ4n) is 9.16. The van der Waals surface area contributed by atoms with Gasteiger partial charge in [-0.1, -0.05) is 77.0 Å². The van der Waals surface area contributed by atoms with E-state index >= 15 is 0 Å². The first-order chi connectivity index (χ1) is 20.6. The van der Waals surface area contributed by atoms with Crippen molar-refractivity contribution >= 4 is 31.9 Å². The van der Waals surface area contributed by atoms with Crippen molar-refractivity contribution in [2.45, 2.75) is 152 Å². The molecular formula is C38H52Br2O2. The highest BCUT2D eigenvalue weighted by molar-refractivity contribution is 9.11. The fraction of sp³-hybridized carbons (Fsp3) is 0.684. The van der Waals surface area contributed by atoms with Crippen LogP contribution in [-0.4, -0.2) is 14.2 Å². The monoisotopic (exact) mass is 698 g/mol. The van der Waals surface area contributed by atoms with Crippen LogP contribution in [0.1, 0.15) is 174 Å². The Balaban J connectivity index is 1.59. The summed E-state index contributed by atoms with van der Waals surface area (Å²) in [4.78, 5) is 0. The van der Waals surface area contributed by atoms with Gasteiger partial charge in [0.2, 0.25) is 0 Å². The number of halogens is 2. The third-order valence-electron chi connectivity index (χ3n) is 11.4. The van der Waals surface area contributed by atoms with Crippen LogP contribution in [0.25, 0.3) is 11.1 Å². The Labute approximate surface area is 272 Å². The molecule has 4 aliphatic carbocycles. The molecule has 0 radical (unpaired) electrons. The maximum atomic E-state index is 6.40. The molecule has 4 fully saturated rings. The van der Waals surface area contributed by atoms with Crippen molar-refractivity contribution in [1.82, 2.24) is 0 Å². The van der Waals surface area contributed by atoms with Gasteiger partial charge in [0.25, 0.3) is 0 Å². The Morgan fingerprint density at radius 1 is 0.452 bits per heavy atom. The van der Waals surface area contributed by atoms with E-state index in [1.54, 1.807) is 0 Å². The molecule has 0 unspecified atom stereocenters. The average molecular weight is 701 g/mol. The Hall–Kier alpha value is -1.00. The number of rotatable bonds is 7. The van der Waals surface area contributed by atoms with Crippen LogP contribution in [0.4, 0.5) is 0 Å². The van der Waals surface area contributed by atoms with Gasteiger partial charge in [-0.2, -0.15) is 0 Å². The number of hydrogen-bond acceptors (Lipinski definition) is 2. The van der Waals surface area contributed by atoms with Crippen LogP contribution in [0, 0.1) is 0 Å². The van der Waals surface area contributed by atoms with Gasteiger partial charge in [-0.15, -0.1) is 0 Å². The summed E-state index contributed by atoms with van der Waals surface area (Å²) in [6.07, 6.45) is 26.3. The summed E-state index contributed by atoms with van der Waals surface area (Å²) < 4.78 is 15.4. The molecule has 42 heavy (non-hydrogen) atoms. The normalized spacial score (nSPS) is 21.9. The van der Waals surface area contributed by atoms with E-state index in [0.717, 1.165) is 0 Å². The number of benzene rings is 2. The van der Waals surface area contributed by atoms with Crippen LogP contribution in [-0.2, 0) is 0 Å². The van der Waals surface area contributed by atoms with E-state index in [4.69, 9.17) is 9.47 Å². The highest BCUT2D eigenvalue weighted by Gasteiger charge is 2.33. The smallest absolute Gasteiger partial charge is 0.126 e. The van der Waals surface area contributed by atoms with Crippen LogP contribution in [0.3, 0.4) is 0 Å². The molecule has 0 saturated heterocycles. The summed E-state index contributed by atoms with van der Waals surface area (Å²) in [5.41, 5.74) is 8.60. The second-order valence-corrected chi connectivity index (χ2v) is 15.5. The zero-order chi connectivity index (χ0) is 29.1. The predicted octanol–water partition coefficient (Wildman–Crippen LogP) is 13.1. The molecule has 0 amide bonds. The maximum absolute atomic E-state index is 6.40. The molecule has 0 aromatic heterocycles. The topological polar surface area (TPSA) is 18.5 Å². The standard InChI is InChI=1S/C38H52Br2O2/c1-41-37-29(25-15-7-3-8-16-25)23-31(35(39)33(37)27-19-11-5-12-20-27)32-24-30(26-17-9-4-10-18-26)38(42-2)34(36(32)40)28-21-13-6-14-22-28/h23-28H,3-22H2,1-2H3. The summed E-state index contributed by atoms with van der Waals surface area (Å²) in [6, 6.07) is 5.10. The maximum Gasteiger partial charge on any atom is 0.126 e. The van der Waals surface area contributed by atoms with Crippen molar-refractivity contribution in [3.63, 3.8) is 0 Å². The van der Waals surface area contributed by atoms with Crippen LogP contribution in [0.2, 0.25) is 0 Å². The molecule has 2 nitrogen and oxygen atoms in total. The summed E-state index contributed by atoms with van der Waals surface area (Å²) in [6.45, 7) is 0. The van der Waals surface area contributed by atoms with Crippen molar-refractivity contribution in [3.8, 4) is 22.6 Å². The van der Waals surface area contributed by atoms with E-state index in [9.17, 15) is 0 Å². The first-order valence-corrected chi connectivity index (χ1v) is 19.0. The number of ether oxygens (including phenoxy) is 2. The Morgan fingerprint density at radius 3 is 1.02 bits per heavy atom. The molecule has 6 rings (SSSR count). The molecule has 4 heteroatoms. The summed E-state index contributed by atoms with van der Waals surface area (Å²) >= 11 is 8.56. The van der Waals surface area contributed by atoms with Crippen LogP contribution in [0.15, 0.2) is 21.1 Å². The van der Waals surface area contributed by atoms with E-state index in [1.165, 1.54) is 182 Å². The lowest BCUT2D eigenvalue weighted by Crippen LogP contribution is -2.14. The van der Waals surface area contributed by atoms with Gasteiger partial charge in [0.05, 0.1) is 14.2 Å². The van der Waals surface area contributed by atoms with Crippen molar-refractivity contribution < 1.29 is 9.47 Å². The molecule has 230 valence electrons. The molecule has 0 heterocycles. The van der Waals surface area contributed by atoms with E-state index in [0.29, 0.717) is 23.7 Å². The third-order valence-corrected chi connectivity index (χ3v) is 13.1. The van der Waals surface area contributed by atoms with E-state index in [-0.39, 0.29) is 0 Å². The molecule has 0 aliphatic heterocycles. The van der Waals surface area contributed by atoms with Gasteiger partial charge in [0.1, 0.15) is 11.5 Å². The summed E-state index contributed by atoms with van der Waals surface area (Å²) in [5.74, 6) is 4.70. The first kappa shape index (κ1) is 31.0. The highest BCUT2D eigenvalue weighted by atomic mass is 79.9. The van der Waals surface area contributed by atoms with E-state index in [2.05, 4.69) is 44.0 Å².